The molecular weight excluding hydrogens is 266 g/mol. The summed E-state index contributed by atoms with van der Waals surface area (Å²) in [6.07, 6.45) is -0.304. The van der Waals surface area contributed by atoms with Crippen molar-refractivity contribution in [3.8, 4) is 0 Å². The number of hydrogen-bond donors (Lipinski definition) is 4. The second-order valence-corrected chi connectivity index (χ2v) is 3.92. The van der Waals surface area contributed by atoms with Crippen LogP contribution in [0.3, 0.4) is 0 Å². The fraction of sp³-hybridized carbons (Fsp3) is 0.545. The summed E-state index contributed by atoms with van der Waals surface area (Å²) < 4.78 is 0. The van der Waals surface area contributed by atoms with Crippen molar-refractivity contribution in [1.29, 1.82) is 0 Å². The number of aliphatic hydroxyl groups excluding tert-OH is 1. The molecule has 0 saturated heterocycles. The molecule has 2 amide bonds. The first-order chi connectivity index (χ1) is 9.47. The topological polar surface area (TPSA) is 137 Å². The number of rotatable bonds is 6. The number of hydrogen-bond acceptors (Lipinski definition) is 6. The predicted octanol–water partition coefficient (Wildman–Crippen LogP) is -0.437. The molecule has 1 atom stereocenters. The minimum absolute atomic E-state index is 0.0290. The van der Waals surface area contributed by atoms with Crippen LogP contribution in [0.15, 0.2) is 0 Å². The summed E-state index contributed by atoms with van der Waals surface area (Å²) in [4.78, 5) is 26.0. The molecule has 0 aromatic carbocycles. The average molecular weight is 283 g/mol. The van der Waals surface area contributed by atoms with Crippen molar-refractivity contribution in [2.24, 2.45) is 0 Å². The molecule has 0 aliphatic rings. The summed E-state index contributed by atoms with van der Waals surface area (Å²) >= 11 is 0. The molecule has 0 radical (unpaired) electrons. The Hall–Kier alpha value is -2.29. The number of carbonyl (C=O) groups excluding carboxylic acids is 1. The van der Waals surface area contributed by atoms with Crippen LogP contribution in [0.2, 0.25) is 0 Å². The standard InChI is InChI=1S/C11H17N5O4/c1-3-6-7(4-2)15-16-10(13-6)14-11(20)12-5-8(17)9(18)19/h8,17H,3-5H2,1-2H3,(H,18,19)(H2,12,13,14,16,20)/t8-/m0/s1. The number of nitrogens with zero attached hydrogens (tertiary/aromatic N) is 3. The number of amides is 2. The quantitative estimate of drug-likeness (QED) is 0.555. The summed E-state index contributed by atoms with van der Waals surface area (Å²) in [5.41, 5.74) is 1.50. The van der Waals surface area contributed by atoms with E-state index < -0.39 is 24.6 Å². The van der Waals surface area contributed by atoms with Gasteiger partial charge in [-0.05, 0) is 12.8 Å². The highest BCUT2D eigenvalue weighted by Crippen LogP contribution is 2.06. The Balaban J connectivity index is 2.60. The van der Waals surface area contributed by atoms with Gasteiger partial charge in [-0.3, -0.25) is 5.32 Å². The molecule has 0 bridgehead atoms. The number of aryl methyl sites for hydroxylation is 2. The van der Waals surface area contributed by atoms with Crippen molar-refractivity contribution in [1.82, 2.24) is 20.5 Å². The van der Waals surface area contributed by atoms with E-state index in [4.69, 9.17) is 10.2 Å². The normalized spacial score (nSPS) is 11.8. The van der Waals surface area contributed by atoms with Gasteiger partial charge in [-0.2, -0.15) is 0 Å². The van der Waals surface area contributed by atoms with Gasteiger partial charge in [0.05, 0.1) is 17.9 Å². The highest BCUT2D eigenvalue weighted by atomic mass is 16.4. The van der Waals surface area contributed by atoms with E-state index in [1.165, 1.54) is 0 Å². The first-order valence-corrected chi connectivity index (χ1v) is 6.16. The third-order valence-electron chi connectivity index (χ3n) is 2.48. The van der Waals surface area contributed by atoms with Crippen LogP contribution in [-0.4, -0.2) is 50.0 Å². The number of aliphatic carboxylic acids is 1. The maximum atomic E-state index is 11.5. The van der Waals surface area contributed by atoms with E-state index in [2.05, 4.69) is 25.8 Å². The first-order valence-electron chi connectivity index (χ1n) is 6.16. The lowest BCUT2D eigenvalue weighted by molar-refractivity contribution is -0.146. The Bertz CT molecular complexity index is 494. The zero-order valence-electron chi connectivity index (χ0n) is 11.3. The molecule has 0 fully saturated rings. The van der Waals surface area contributed by atoms with E-state index in [0.29, 0.717) is 12.8 Å². The summed E-state index contributed by atoms with van der Waals surface area (Å²) in [5, 5.41) is 29.7. The highest BCUT2D eigenvalue weighted by molar-refractivity contribution is 5.87. The van der Waals surface area contributed by atoms with Gasteiger partial charge in [-0.25, -0.2) is 14.6 Å². The van der Waals surface area contributed by atoms with Crippen molar-refractivity contribution in [2.75, 3.05) is 11.9 Å². The molecule has 0 spiro atoms. The molecule has 9 heteroatoms. The lowest BCUT2D eigenvalue weighted by Gasteiger charge is -2.09. The maximum absolute atomic E-state index is 11.5. The molecule has 1 aromatic rings. The summed E-state index contributed by atoms with van der Waals surface area (Å²) in [6.45, 7) is 3.43. The summed E-state index contributed by atoms with van der Waals surface area (Å²) in [5.74, 6) is -1.38. The van der Waals surface area contributed by atoms with Crippen LogP contribution in [0.1, 0.15) is 25.2 Å². The summed E-state index contributed by atoms with van der Waals surface area (Å²) in [7, 11) is 0. The van der Waals surface area contributed by atoms with Gasteiger partial charge in [0, 0.05) is 0 Å². The zero-order chi connectivity index (χ0) is 15.1. The maximum Gasteiger partial charge on any atom is 0.334 e. The molecule has 1 rings (SSSR count). The van der Waals surface area contributed by atoms with E-state index in [1.807, 2.05) is 13.8 Å². The van der Waals surface area contributed by atoms with Gasteiger partial charge in [0.2, 0.25) is 0 Å². The fourth-order valence-electron chi connectivity index (χ4n) is 1.41. The van der Waals surface area contributed by atoms with Crippen molar-refractivity contribution >= 4 is 17.9 Å². The minimum Gasteiger partial charge on any atom is -0.479 e. The van der Waals surface area contributed by atoms with Gasteiger partial charge in [-0.1, -0.05) is 13.8 Å². The van der Waals surface area contributed by atoms with Crippen molar-refractivity contribution < 1.29 is 19.8 Å². The highest BCUT2D eigenvalue weighted by Gasteiger charge is 2.15. The van der Waals surface area contributed by atoms with E-state index in [0.717, 1.165) is 11.4 Å². The van der Waals surface area contributed by atoms with Crippen LogP contribution in [-0.2, 0) is 17.6 Å². The monoisotopic (exact) mass is 283 g/mol. The molecule has 110 valence electrons. The predicted molar refractivity (Wildman–Crippen MR) is 69.2 cm³/mol. The molecule has 1 aromatic heterocycles. The molecular formula is C11H17N5O4. The molecule has 0 saturated carbocycles. The fourth-order valence-corrected chi connectivity index (χ4v) is 1.41. The minimum atomic E-state index is -1.66. The van der Waals surface area contributed by atoms with E-state index in [-0.39, 0.29) is 5.95 Å². The van der Waals surface area contributed by atoms with Crippen LogP contribution in [0.25, 0.3) is 0 Å². The Morgan fingerprint density at radius 1 is 1.20 bits per heavy atom. The third-order valence-corrected chi connectivity index (χ3v) is 2.48. The number of carboxylic acid groups (broad SMARTS) is 1. The van der Waals surface area contributed by atoms with Crippen LogP contribution in [0, 0.1) is 0 Å². The average Bonchev–Trinajstić information content (AvgIpc) is 2.44. The molecule has 0 aliphatic heterocycles. The number of anilines is 1. The smallest absolute Gasteiger partial charge is 0.334 e. The number of aliphatic hydroxyl groups is 1. The third kappa shape index (κ3) is 4.43. The largest absolute Gasteiger partial charge is 0.479 e. The summed E-state index contributed by atoms with van der Waals surface area (Å²) in [6, 6.07) is -0.710. The number of urea groups is 1. The first kappa shape index (κ1) is 15.8. The second kappa shape index (κ2) is 7.34. The number of carbonyl (C=O) groups is 2. The van der Waals surface area contributed by atoms with Crippen molar-refractivity contribution in [2.45, 2.75) is 32.8 Å². The Kier molecular flexibility index (Phi) is 5.78. The zero-order valence-corrected chi connectivity index (χ0v) is 11.3. The van der Waals surface area contributed by atoms with Gasteiger partial charge in [-0.15, -0.1) is 10.2 Å². The van der Waals surface area contributed by atoms with Gasteiger partial charge in [0.1, 0.15) is 0 Å². The molecule has 0 aliphatic carbocycles. The van der Waals surface area contributed by atoms with Gasteiger partial charge >= 0.3 is 12.0 Å². The number of carboxylic acids is 1. The van der Waals surface area contributed by atoms with Crippen LogP contribution in [0.5, 0.6) is 0 Å². The lowest BCUT2D eigenvalue weighted by Crippen LogP contribution is -2.39. The molecule has 9 nitrogen and oxygen atoms in total. The van der Waals surface area contributed by atoms with Crippen LogP contribution in [0.4, 0.5) is 10.7 Å². The molecule has 0 unspecified atom stereocenters. The van der Waals surface area contributed by atoms with E-state index >= 15 is 0 Å². The van der Waals surface area contributed by atoms with Crippen LogP contribution >= 0.6 is 0 Å². The Labute approximate surface area is 115 Å². The van der Waals surface area contributed by atoms with Gasteiger partial charge in [0.25, 0.3) is 5.95 Å². The lowest BCUT2D eigenvalue weighted by atomic mass is 10.2. The molecule has 20 heavy (non-hydrogen) atoms. The van der Waals surface area contributed by atoms with Gasteiger partial charge in [0.15, 0.2) is 6.10 Å². The van der Waals surface area contributed by atoms with Crippen LogP contribution < -0.4 is 10.6 Å². The number of nitrogens with one attached hydrogen (secondary N) is 2. The Morgan fingerprint density at radius 2 is 1.85 bits per heavy atom. The van der Waals surface area contributed by atoms with Gasteiger partial charge < -0.3 is 15.5 Å². The van der Waals surface area contributed by atoms with E-state index in [9.17, 15) is 9.59 Å². The number of aromatic nitrogens is 3. The molecule has 4 N–H and O–H groups in total. The molecule has 1 heterocycles. The Morgan fingerprint density at radius 3 is 2.40 bits per heavy atom. The second-order valence-electron chi connectivity index (χ2n) is 3.92. The van der Waals surface area contributed by atoms with E-state index in [1.54, 1.807) is 0 Å². The van der Waals surface area contributed by atoms with Crippen molar-refractivity contribution in [3.63, 3.8) is 0 Å². The SMILES string of the molecule is CCc1nnc(NC(=O)NC[C@H](O)C(=O)O)nc1CC. The van der Waals surface area contributed by atoms with Crippen molar-refractivity contribution in [3.05, 3.63) is 11.4 Å².